The molecule has 2 heterocycles. The Morgan fingerprint density at radius 1 is 0.933 bits per heavy atom. The number of rotatable bonds is 5. The molecule has 2 aromatic carbocycles. The number of carbonyl (C=O) groups excluding carboxylic acids is 1. The van der Waals surface area contributed by atoms with Gasteiger partial charge in [-0.1, -0.05) is 28.1 Å². The highest BCUT2D eigenvalue weighted by molar-refractivity contribution is 9.10. The quantitative estimate of drug-likeness (QED) is 0.659. The van der Waals surface area contributed by atoms with Gasteiger partial charge in [-0.3, -0.25) is 9.69 Å². The fraction of sp³-hybridized carbons (Fsp3) is 0.458. The molecule has 2 aliphatic rings. The molecule has 2 aliphatic heterocycles. The number of ether oxygens (including phenoxy) is 1. The van der Waals surface area contributed by atoms with E-state index in [0.29, 0.717) is 5.91 Å². The fourth-order valence-corrected chi connectivity index (χ4v) is 4.69. The average Bonchev–Trinajstić information content (AvgIpc) is 2.81. The predicted molar refractivity (Wildman–Crippen MR) is 124 cm³/mol. The van der Waals surface area contributed by atoms with E-state index in [1.54, 1.807) is 7.11 Å². The molecule has 0 aliphatic carbocycles. The van der Waals surface area contributed by atoms with E-state index in [2.05, 4.69) is 67.0 Å². The van der Waals surface area contributed by atoms with Gasteiger partial charge in [-0.2, -0.15) is 0 Å². The van der Waals surface area contributed by atoms with Crippen LogP contribution in [0.25, 0.3) is 0 Å². The summed E-state index contributed by atoms with van der Waals surface area (Å²) in [4.78, 5) is 19.9. The molecular formula is C24H30BrN3O2. The van der Waals surface area contributed by atoms with Crippen LogP contribution >= 0.6 is 15.9 Å². The number of piperidine rings is 1. The molecule has 0 unspecified atom stereocenters. The van der Waals surface area contributed by atoms with Gasteiger partial charge in [0.25, 0.3) is 0 Å². The van der Waals surface area contributed by atoms with E-state index < -0.39 is 0 Å². The molecule has 2 saturated heterocycles. The molecule has 0 spiro atoms. The summed E-state index contributed by atoms with van der Waals surface area (Å²) in [6.07, 6.45) is 1.93. The van der Waals surface area contributed by atoms with E-state index >= 15 is 0 Å². The van der Waals surface area contributed by atoms with Gasteiger partial charge in [0.05, 0.1) is 7.11 Å². The minimum Gasteiger partial charge on any atom is -0.497 e. The summed E-state index contributed by atoms with van der Waals surface area (Å²) in [6.45, 7) is 6.36. The Hall–Kier alpha value is -2.05. The summed E-state index contributed by atoms with van der Waals surface area (Å²) >= 11 is 3.49. The second-order valence-corrected chi connectivity index (χ2v) is 9.10. The van der Waals surface area contributed by atoms with Crippen LogP contribution in [0.3, 0.4) is 0 Å². The first-order valence-corrected chi connectivity index (χ1v) is 11.6. The van der Waals surface area contributed by atoms with Crippen LogP contribution < -0.4 is 9.64 Å². The Kier molecular flexibility index (Phi) is 6.95. The van der Waals surface area contributed by atoms with Crippen molar-refractivity contribution in [2.45, 2.75) is 19.4 Å². The number of halogens is 1. The van der Waals surface area contributed by atoms with Crippen LogP contribution in [0, 0.1) is 5.92 Å². The van der Waals surface area contributed by atoms with E-state index in [4.69, 9.17) is 4.74 Å². The summed E-state index contributed by atoms with van der Waals surface area (Å²) in [5.41, 5.74) is 2.53. The van der Waals surface area contributed by atoms with Crippen LogP contribution in [0.15, 0.2) is 53.0 Å². The van der Waals surface area contributed by atoms with Crippen molar-refractivity contribution in [1.29, 1.82) is 0 Å². The summed E-state index contributed by atoms with van der Waals surface area (Å²) in [7, 11) is 1.69. The van der Waals surface area contributed by atoms with Crippen molar-refractivity contribution >= 4 is 27.5 Å². The summed E-state index contributed by atoms with van der Waals surface area (Å²) in [5, 5.41) is 0. The first kappa shape index (κ1) is 21.2. The Morgan fingerprint density at radius 3 is 2.17 bits per heavy atom. The number of anilines is 1. The summed E-state index contributed by atoms with van der Waals surface area (Å²) in [5.74, 6) is 1.41. The molecule has 5 nitrogen and oxygen atoms in total. The van der Waals surface area contributed by atoms with Gasteiger partial charge in [0.15, 0.2) is 0 Å². The molecule has 0 atom stereocenters. The van der Waals surface area contributed by atoms with Gasteiger partial charge in [0, 0.05) is 48.8 Å². The van der Waals surface area contributed by atoms with Gasteiger partial charge < -0.3 is 14.5 Å². The van der Waals surface area contributed by atoms with Crippen molar-refractivity contribution in [3.05, 3.63) is 58.6 Å². The number of benzene rings is 2. The number of amides is 1. The van der Waals surface area contributed by atoms with Gasteiger partial charge in [-0.25, -0.2) is 0 Å². The van der Waals surface area contributed by atoms with E-state index in [1.807, 2.05) is 12.1 Å². The van der Waals surface area contributed by atoms with E-state index in [9.17, 15) is 4.79 Å². The molecule has 0 radical (unpaired) electrons. The Labute approximate surface area is 187 Å². The third kappa shape index (κ3) is 5.16. The Balaban J connectivity index is 1.23. The highest BCUT2D eigenvalue weighted by Gasteiger charge is 2.30. The lowest BCUT2D eigenvalue weighted by molar-refractivity contribution is -0.137. The maximum Gasteiger partial charge on any atom is 0.225 e. The molecule has 0 bridgehead atoms. The number of carbonyl (C=O) groups is 1. The summed E-state index contributed by atoms with van der Waals surface area (Å²) < 4.78 is 6.35. The molecule has 0 aromatic heterocycles. The zero-order valence-electron chi connectivity index (χ0n) is 17.6. The molecular weight excluding hydrogens is 442 g/mol. The van der Waals surface area contributed by atoms with Gasteiger partial charge >= 0.3 is 0 Å². The minimum atomic E-state index is 0.179. The molecule has 1 amide bonds. The van der Waals surface area contributed by atoms with Crippen LogP contribution in [0.5, 0.6) is 5.75 Å². The van der Waals surface area contributed by atoms with Crippen molar-refractivity contribution in [2.24, 2.45) is 5.92 Å². The smallest absolute Gasteiger partial charge is 0.225 e. The van der Waals surface area contributed by atoms with Crippen molar-refractivity contribution in [3.8, 4) is 5.75 Å². The number of piperazine rings is 1. The molecule has 2 fully saturated rings. The zero-order chi connectivity index (χ0) is 20.9. The number of hydrogen-bond donors (Lipinski definition) is 0. The molecule has 0 N–H and O–H groups in total. The lowest BCUT2D eigenvalue weighted by Crippen LogP contribution is -2.51. The van der Waals surface area contributed by atoms with Gasteiger partial charge in [0.1, 0.15) is 5.75 Å². The Bertz CT molecular complexity index is 825. The first-order valence-electron chi connectivity index (χ1n) is 10.8. The second kappa shape index (κ2) is 9.84. The third-order valence-electron chi connectivity index (χ3n) is 6.29. The molecule has 6 heteroatoms. The molecule has 0 saturated carbocycles. The molecule has 2 aromatic rings. The monoisotopic (exact) mass is 471 g/mol. The van der Waals surface area contributed by atoms with E-state index in [0.717, 1.165) is 68.9 Å². The lowest BCUT2D eigenvalue weighted by atomic mass is 9.94. The maximum atomic E-state index is 13.0. The maximum absolute atomic E-state index is 13.0. The van der Waals surface area contributed by atoms with Crippen LogP contribution in [-0.2, 0) is 11.3 Å². The van der Waals surface area contributed by atoms with Crippen molar-refractivity contribution in [2.75, 3.05) is 51.3 Å². The van der Waals surface area contributed by atoms with Crippen molar-refractivity contribution in [1.82, 2.24) is 9.80 Å². The number of likely N-dealkylation sites (tertiary alicyclic amines) is 1. The van der Waals surface area contributed by atoms with Crippen LogP contribution in [0.1, 0.15) is 18.4 Å². The van der Waals surface area contributed by atoms with Crippen LogP contribution in [0.2, 0.25) is 0 Å². The predicted octanol–water partition coefficient (Wildman–Crippen LogP) is 4.02. The molecule has 4 rings (SSSR count). The first-order chi connectivity index (χ1) is 14.6. The van der Waals surface area contributed by atoms with Crippen LogP contribution in [0.4, 0.5) is 5.69 Å². The minimum absolute atomic E-state index is 0.179. The van der Waals surface area contributed by atoms with Crippen molar-refractivity contribution in [3.63, 3.8) is 0 Å². The number of hydrogen-bond acceptors (Lipinski definition) is 4. The van der Waals surface area contributed by atoms with Crippen molar-refractivity contribution < 1.29 is 9.53 Å². The third-order valence-corrected chi connectivity index (χ3v) is 6.81. The largest absolute Gasteiger partial charge is 0.497 e. The summed E-state index contributed by atoms with van der Waals surface area (Å²) in [6, 6.07) is 16.7. The van der Waals surface area contributed by atoms with Gasteiger partial charge in [-0.15, -0.1) is 0 Å². The van der Waals surface area contributed by atoms with E-state index in [-0.39, 0.29) is 5.92 Å². The SMILES string of the molecule is COc1ccc(N2CCN(C(=O)C3CCN(Cc4ccc(Br)cc4)CC3)CC2)cc1. The zero-order valence-corrected chi connectivity index (χ0v) is 19.2. The molecule has 30 heavy (non-hydrogen) atoms. The second-order valence-electron chi connectivity index (χ2n) is 8.19. The van der Waals surface area contributed by atoms with Gasteiger partial charge in [0.2, 0.25) is 5.91 Å². The van der Waals surface area contributed by atoms with Gasteiger partial charge in [-0.05, 0) is 67.9 Å². The lowest BCUT2D eigenvalue weighted by Gasteiger charge is -2.39. The number of nitrogens with zero attached hydrogens (tertiary/aromatic N) is 3. The van der Waals surface area contributed by atoms with Crippen LogP contribution in [-0.4, -0.2) is 62.1 Å². The highest BCUT2D eigenvalue weighted by Crippen LogP contribution is 2.24. The molecule has 160 valence electrons. The average molecular weight is 472 g/mol. The Morgan fingerprint density at radius 2 is 1.57 bits per heavy atom. The normalized spacial score (nSPS) is 18.5. The topological polar surface area (TPSA) is 36.0 Å². The highest BCUT2D eigenvalue weighted by atomic mass is 79.9. The standard InChI is InChI=1S/C24H30BrN3O2/c1-30-23-8-6-22(7-9-23)27-14-16-28(17-15-27)24(29)20-10-12-26(13-11-20)18-19-2-4-21(25)5-3-19/h2-9,20H,10-18H2,1H3. The fourth-order valence-electron chi connectivity index (χ4n) is 4.42. The number of methoxy groups -OCH3 is 1. The van der Waals surface area contributed by atoms with E-state index in [1.165, 1.54) is 11.3 Å².